The van der Waals surface area contributed by atoms with Crippen LogP contribution in [-0.2, 0) is 10.1 Å². The average molecular weight is 378 g/mol. The van der Waals surface area contributed by atoms with E-state index < -0.39 is 10.1 Å². The highest BCUT2D eigenvalue weighted by atomic mass is 79.9. The predicted octanol–water partition coefficient (Wildman–Crippen LogP) is 3.23. The van der Waals surface area contributed by atoms with Crippen molar-refractivity contribution in [1.29, 1.82) is 0 Å². The third-order valence-corrected chi connectivity index (χ3v) is 5.62. The van der Waals surface area contributed by atoms with Crippen molar-refractivity contribution in [3.05, 3.63) is 22.3 Å². The monoisotopic (exact) mass is 377 g/mol. The summed E-state index contributed by atoms with van der Waals surface area (Å²) >= 11 is 3.39. The Morgan fingerprint density at radius 3 is 2.62 bits per heavy atom. The molecule has 1 N–H and O–H groups in total. The van der Waals surface area contributed by atoms with Crippen molar-refractivity contribution in [1.82, 2.24) is 4.98 Å². The highest BCUT2D eigenvalue weighted by Crippen LogP contribution is 2.31. The molecule has 118 valence electrons. The normalized spacial score (nSPS) is 23.0. The lowest BCUT2D eigenvalue weighted by Crippen LogP contribution is -2.30. The number of aromatic nitrogens is 1. The molecule has 1 aromatic rings. The Bertz CT molecular complexity index is 591. The number of hydrogen-bond donors (Lipinski definition) is 1. The van der Waals surface area contributed by atoms with Gasteiger partial charge < -0.3 is 4.74 Å². The van der Waals surface area contributed by atoms with Crippen LogP contribution in [0, 0.1) is 18.8 Å². The fourth-order valence-electron chi connectivity index (χ4n) is 2.79. The number of rotatable bonds is 5. The number of ether oxygens (including phenoxy) is 1. The van der Waals surface area contributed by atoms with E-state index >= 15 is 0 Å². The number of nitrogens with zero attached hydrogens (tertiary/aromatic N) is 1. The van der Waals surface area contributed by atoms with Crippen LogP contribution in [0.15, 0.2) is 16.6 Å². The van der Waals surface area contributed by atoms with Crippen LogP contribution >= 0.6 is 15.9 Å². The molecule has 0 bridgehead atoms. The van der Waals surface area contributed by atoms with E-state index in [9.17, 15) is 8.42 Å². The van der Waals surface area contributed by atoms with Crippen LogP contribution in [0.25, 0.3) is 0 Å². The van der Waals surface area contributed by atoms with Gasteiger partial charge >= 0.3 is 0 Å². The number of halogens is 1. The zero-order valence-corrected chi connectivity index (χ0v) is 14.4. The Kier molecular flexibility index (Phi) is 5.62. The molecule has 0 aliphatic heterocycles. The third kappa shape index (κ3) is 5.23. The fraction of sp³-hybridized carbons (Fsp3) is 0.643. The predicted molar refractivity (Wildman–Crippen MR) is 84.0 cm³/mol. The quantitative estimate of drug-likeness (QED) is 0.797. The van der Waals surface area contributed by atoms with Crippen LogP contribution in [0.5, 0.6) is 5.88 Å². The van der Waals surface area contributed by atoms with Gasteiger partial charge in [-0.15, -0.1) is 0 Å². The van der Waals surface area contributed by atoms with Crippen LogP contribution in [-0.4, -0.2) is 30.3 Å². The van der Waals surface area contributed by atoms with E-state index in [0.717, 1.165) is 35.8 Å². The minimum Gasteiger partial charge on any atom is -0.477 e. The van der Waals surface area contributed by atoms with E-state index in [2.05, 4.69) is 20.9 Å². The summed E-state index contributed by atoms with van der Waals surface area (Å²) in [5, 5.41) is 0. The second kappa shape index (κ2) is 7.07. The Morgan fingerprint density at radius 2 is 2.00 bits per heavy atom. The van der Waals surface area contributed by atoms with Crippen LogP contribution < -0.4 is 4.74 Å². The molecular formula is C14H20BrNO4S. The molecule has 0 aromatic carbocycles. The average Bonchev–Trinajstić information content (AvgIpc) is 2.40. The first-order valence-corrected chi connectivity index (χ1v) is 9.46. The van der Waals surface area contributed by atoms with Crippen molar-refractivity contribution in [3.63, 3.8) is 0 Å². The topological polar surface area (TPSA) is 76.5 Å². The molecule has 0 spiro atoms. The molecule has 1 aliphatic rings. The molecule has 0 radical (unpaired) electrons. The van der Waals surface area contributed by atoms with Crippen LogP contribution in [0.4, 0.5) is 0 Å². The number of pyridine rings is 1. The van der Waals surface area contributed by atoms with Crippen molar-refractivity contribution >= 4 is 26.0 Å². The summed E-state index contributed by atoms with van der Waals surface area (Å²) in [4.78, 5) is 4.32. The van der Waals surface area contributed by atoms with Gasteiger partial charge in [-0.3, -0.25) is 4.55 Å². The first kappa shape index (κ1) is 16.7. The molecular weight excluding hydrogens is 358 g/mol. The van der Waals surface area contributed by atoms with Gasteiger partial charge in [0.1, 0.15) is 0 Å². The Balaban J connectivity index is 1.97. The maximum Gasteiger partial charge on any atom is 0.265 e. The standard InChI is InChI=1S/C14H20BrNO4S/c1-10-13(15)6-7-14(16-10)20-8-11-4-2-3-5-12(11)9-21(17,18)19/h6-7,11-12H,2-5,8-9H2,1H3,(H,17,18,19). The van der Waals surface area contributed by atoms with Gasteiger partial charge in [-0.1, -0.05) is 12.8 Å². The van der Waals surface area contributed by atoms with Gasteiger partial charge in [-0.25, -0.2) is 4.98 Å². The maximum atomic E-state index is 11.1. The van der Waals surface area contributed by atoms with Gasteiger partial charge in [0.25, 0.3) is 10.1 Å². The van der Waals surface area contributed by atoms with E-state index in [1.54, 1.807) is 6.07 Å². The Labute approximate surface area is 134 Å². The summed E-state index contributed by atoms with van der Waals surface area (Å²) in [6, 6.07) is 3.67. The van der Waals surface area contributed by atoms with Gasteiger partial charge in [0.2, 0.25) is 5.88 Å². The summed E-state index contributed by atoms with van der Waals surface area (Å²) in [5.74, 6) is 0.483. The first-order chi connectivity index (χ1) is 9.85. The smallest absolute Gasteiger partial charge is 0.265 e. The summed E-state index contributed by atoms with van der Waals surface area (Å²) in [6.07, 6.45) is 3.82. The summed E-state index contributed by atoms with van der Waals surface area (Å²) < 4.78 is 37.9. The molecule has 1 aromatic heterocycles. The van der Waals surface area contributed by atoms with Crippen molar-refractivity contribution < 1.29 is 17.7 Å². The zero-order chi connectivity index (χ0) is 15.5. The van der Waals surface area contributed by atoms with Crippen LogP contribution in [0.1, 0.15) is 31.4 Å². The molecule has 1 saturated carbocycles. The first-order valence-electron chi connectivity index (χ1n) is 7.06. The number of hydrogen-bond acceptors (Lipinski definition) is 4. The van der Waals surface area contributed by atoms with Crippen molar-refractivity contribution in [2.75, 3.05) is 12.4 Å². The molecule has 7 heteroatoms. The molecule has 0 amide bonds. The second-order valence-corrected chi connectivity index (χ2v) is 7.93. The van der Waals surface area contributed by atoms with E-state index in [4.69, 9.17) is 9.29 Å². The van der Waals surface area contributed by atoms with Crippen molar-refractivity contribution in [2.45, 2.75) is 32.6 Å². The van der Waals surface area contributed by atoms with Gasteiger partial charge in [0.05, 0.1) is 18.1 Å². The highest BCUT2D eigenvalue weighted by molar-refractivity contribution is 9.10. The summed E-state index contributed by atoms with van der Waals surface area (Å²) in [7, 11) is -3.93. The SMILES string of the molecule is Cc1nc(OCC2CCCCC2CS(=O)(=O)O)ccc1Br. The molecule has 5 nitrogen and oxygen atoms in total. The lowest BCUT2D eigenvalue weighted by Gasteiger charge is -2.30. The van der Waals surface area contributed by atoms with Crippen molar-refractivity contribution in [2.24, 2.45) is 11.8 Å². The zero-order valence-electron chi connectivity index (χ0n) is 12.0. The van der Waals surface area contributed by atoms with E-state index in [1.807, 2.05) is 13.0 Å². The van der Waals surface area contributed by atoms with Crippen LogP contribution in [0.3, 0.4) is 0 Å². The Hall–Kier alpha value is -0.660. The summed E-state index contributed by atoms with van der Waals surface area (Å²) in [5.41, 5.74) is 0.852. The second-order valence-electron chi connectivity index (χ2n) is 5.58. The minimum atomic E-state index is -3.93. The molecule has 2 atom stereocenters. The molecule has 2 unspecified atom stereocenters. The van der Waals surface area contributed by atoms with E-state index in [-0.39, 0.29) is 17.6 Å². The molecule has 1 aliphatic carbocycles. The lowest BCUT2D eigenvalue weighted by molar-refractivity contribution is 0.155. The molecule has 1 heterocycles. The minimum absolute atomic E-state index is 0.0368. The Morgan fingerprint density at radius 1 is 1.33 bits per heavy atom. The fourth-order valence-corrected chi connectivity index (χ4v) is 3.99. The largest absolute Gasteiger partial charge is 0.477 e. The number of aryl methyl sites for hydroxylation is 1. The van der Waals surface area contributed by atoms with Gasteiger partial charge in [0.15, 0.2) is 0 Å². The summed E-state index contributed by atoms with van der Waals surface area (Å²) in [6.45, 7) is 2.33. The van der Waals surface area contributed by atoms with Gasteiger partial charge in [-0.2, -0.15) is 8.42 Å². The lowest BCUT2D eigenvalue weighted by atomic mass is 9.81. The van der Waals surface area contributed by atoms with Crippen LogP contribution in [0.2, 0.25) is 0 Å². The molecule has 2 rings (SSSR count). The third-order valence-electron chi connectivity index (χ3n) is 3.93. The molecule has 1 fully saturated rings. The molecule has 0 saturated heterocycles. The molecule has 21 heavy (non-hydrogen) atoms. The van der Waals surface area contributed by atoms with Gasteiger partial charge in [-0.05, 0) is 53.6 Å². The maximum absolute atomic E-state index is 11.1. The van der Waals surface area contributed by atoms with E-state index in [1.165, 1.54) is 0 Å². The van der Waals surface area contributed by atoms with Gasteiger partial charge in [0, 0.05) is 10.5 Å². The highest BCUT2D eigenvalue weighted by Gasteiger charge is 2.29. The van der Waals surface area contributed by atoms with E-state index in [0.29, 0.717) is 12.5 Å². The van der Waals surface area contributed by atoms with Crippen molar-refractivity contribution in [3.8, 4) is 5.88 Å².